The molecule has 1 fully saturated rings. The van der Waals surface area contributed by atoms with Crippen molar-refractivity contribution in [3.8, 4) is 0 Å². The standard InChI is InChI=1S/C18H29N3O3S/c1-20(25(2,23)24)17-10-8-16(9-11-17)18(22)19-12-7-15-21-13-5-3-4-6-14-21/h8-11H,3-7,12-15H2,1-2H3,(H,19,22). The number of rotatable bonds is 7. The second kappa shape index (κ2) is 9.20. The molecule has 1 aromatic rings. The van der Waals surface area contributed by atoms with E-state index in [-0.39, 0.29) is 5.91 Å². The maximum absolute atomic E-state index is 12.2. The quantitative estimate of drug-likeness (QED) is 0.749. The Labute approximate surface area is 151 Å². The summed E-state index contributed by atoms with van der Waals surface area (Å²) in [4.78, 5) is 14.7. The number of sulfonamides is 1. The van der Waals surface area contributed by atoms with Gasteiger partial charge in [-0.3, -0.25) is 9.10 Å². The molecule has 7 heteroatoms. The molecule has 0 radical (unpaired) electrons. The van der Waals surface area contributed by atoms with Crippen molar-refractivity contribution < 1.29 is 13.2 Å². The molecule has 0 spiro atoms. The van der Waals surface area contributed by atoms with Crippen molar-refractivity contribution in [2.75, 3.05) is 43.8 Å². The summed E-state index contributed by atoms with van der Waals surface area (Å²) in [5, 5.41) is 2.94. The molecule has 1 aliphatic heterocycles. The first kappa shape index (κ1) is 19.7. The molecule has 1 heterocycles. The summed E-state index contributed by atoms with van der Waals surface area (Å²) in [5.41, 5.74) is 1.08. The van der Waals surface area contributed by atoms with Crippen LogP contribution < -0.4 is 9.62 Å². The van der Waals surface area contributed by atoms with Gasteiger partial charge in [-0.1, -0.05) is 12.8 Å². The lowest BCUT2D eigenvalue weighted by Gasteiger charge is -2.19. The zero-order valence-electron chi connectivity index (χ0n) is 15.2. The van der Waals surface area contributed by atoms with Gasteiger partial charge in [-0.25, -0.2) is 8.42 Å². The topological polar surface area (TPSA) is 69.7 Å². The highest BCUT2D eigenvalue weighted by molar-refractivity contribution is 7.92. The third-order valence-corrected chi connectivity index (χ3v) is 5.83. The minimum atomic E-state index is -3.29. The fraction of sp³-hybridized carbons (Fsp3) is 0.611. The van der Waals surface area contributed by atoms with Crippen molar-refractivity contribution in [3.05, 3.63) is 29.8 Å². The number of anilines is 1. The summed E-state index contributed by atoms with van der Waals surface area (Å²) in [6.07, 6.45) is 7.31. The molecular weight excluding hydrogens is 338 g/mol. The van der Waals surface area contributed by atoms with Gasteiger partial charge < -0.3 is 10.2 Å². The van der Waals surface area contributed by atoms with Crippen molar-refractivity contribution >= 4 is 21.6 Å². The zero-order chi connectivity index (χ0) is 18.3. The van der Waals surface area contributed by atoms with Gasteiger partial charge in [0.15, 0.2) is 0 Å². The normalized spacial score (nSPS) is 16.2. The molecule has 0 saturated carbocycles. The van der Waals surface area contributed by atoms with Gasteiger partial charge >= 0.3 is 0 Å². The number of likely N-dealkylation sites (tertiary alicyclic amines) is 1. The lowest BCUT2D eigenvalue weighted by molar-refractivity contribution is 0.0951. The van der Waals surface area contributed by atoms with Gasteiger partial charge in [0.1, 0.15) is 0 Å². The number of amides is 1. The molecule has 6 nitrogen and oxygen atoms in total. The molecule has 1 amide bonds. The summed E-state index contributed by atoms with van der Waals surface area (Å²) < 4.78 is 24.2. The molecular formula is C18H29N3O3S. The molecule has 25 heavy (non-hydrogen) atoms. The number of carbonyl (C=O) groups is 1. The molecule has 0 unspecified atom stereocenters. The molecule has 1 N–H and O–H groups in total. The molecule has 0 aromatic heterocycles. The zero-order valence-corrected chi connectivity index (χ0v) is 16.0. The maximum Gasteiger partial charge on any atom is 0.251 e. The summed E-state index contributed by atoms with van der Waals surface area (Å²) in [7, 11) is -1.80. The second-order valence-electron chi connectivity index (χ2n) is 6.64. The van der Waals surface area contributed by atoms with E-state index in [1.54, 1.807) is 24.3 Å². The van der Waals surface area contributed by atoms with Crippen molar-refractivity contribution in [1.82, 2.24) is 10.2 Å². The van der Waals surface area contributed by atoms with Gasteiger partial charge in [-0.05, 0) is 63.2 Å². The Kier molecular flexibility index (Phi) is 7.25. The Bertz CT molecular complexity index is 651. The van der Waals surface area contributed by atoms with E-state index in [9.17, 15) is 13.2 Å². The Morgan fingerprint density at radius 3 is 2.28 bits per heavy atom. The molecule has 0 bridgehead atoms. The van der Waals surface area contributed by atoms with Gasteiger partial charge in [0.05, 0.1) is 11.9 Å². The summed E-state index contributed by atoms with van der Waals surface area (Å²) >= 11 is 0. The van der Waals surface area contributed by atoms with Gasteiger partial charge in [0.25, 0.3) is 5.91 Å². The SMILES string of the molecule is CN(c1ccc(C(=O)NCCCN2CCCCCC2)cc1)S(C)(=O)=O. The number of benzene rings is 1. The highest BCUT2D eigenvalue weighted by Gasteiger charge is 2.13. The fourth-order valence-corrected chi connectivity index (χ4v) is 3.49. The molecule has 1 aromatic carbocycles. The first-order valence-corrected chi connectivity index (χ1v) is 10.8. The lowest BCUT2D eigenvalue weighted by Crippen LogP contribution is -2.30. The lowest BCUT2D eigenvalue weighted by atomic mass is 10.2. The van der Waals surface area contributed by atoms with Crippen LogP contribution in [0.15, 0.2) is 24.3 Å². The Morgan fingerprint density at radius 1 is 1.12 bits per heavy atom. The van der Waals surface area contributed by atoms with Crippen LogP contribution in [0.25, 0.3) is 0 Å². The van der Waals surface area contributed by atoms with E-state index in [0.717, 1.165) is 19.2 Å². The van der Waals surface area contributed by atoms with Gasteiger partial charge in [-0.15, -0.1) is 0 Å². The summed E-state index contributed by atoms with van der Waals surface area (Å²) in [6.45, 7) is 4.02. The van der Waals surface area contributed by atoms with Crippen LogP contribution in [0.4, 0.5) is 5.69 Å². The van der Waals surface area contributed by atoms with E-state index in [0.29, 0.717) is 17.8 Å². The number of hydrogen-bond acceptors (Lipinski definition) is 4. The van der Waals surface area contributed by atoms with Crippen LogP contribution in [0.2, 0.25) is 0 Å². The van der Waals surface area contributed by atoms with Crippen LogP contribution in [-0.4, -0.2) is 58.7 Å². The minimum Gasteiger partial charge on any atom is -0.352 e. The first-order chi connectivity index (χ1) is 11.9. The summed E-state index contributed by atoms with van der Waals surface area (Å²) in [6, 6.07) is 6.60. The second-order valence-corrected chi connectivity index (χ2v) is 8.66. The minimum absolute atomic E-state index is 0.121. The van der Waals surface area contributed by atoms with Gasteiger partial charge in [0, 0.05) is 19.2 Å². The molecule has 0 aliphatic carbocycles. The third-order valence-electron chi connectivity index (χ3n) is 4.63. The van der Waals surface area contributed by atoms with Gasteiger partial charge in [0.2, 0.25) is 10.0 Å². The predicted molar refractivity (Wildman–Crippen MR) is 102 cm³/mol. The van der Waals surface area contributed by atoms with E-state index < -0.39 is 10.0 Å². The summed E-state index contributed by atoms with van der Waals surface area (Å²) in [5.74, 6) is -0.121. The molecule has 0 atom stereocenters. The molecule has 2 rings (SSSR count). The van der Waals surface area contributed by atoms with Crippen LogP contribution >= 0.6 is 0 Å². The third kappa shape index (κ3) is 6.32. The highest BCUT2D eigenvalue weighted by atomic mass is 32.2. The smallest absolute Gasteiger partial charge is 0.251 e. The highest BCUT2D eigenvalue weighted by Crippen LogP contribution is 2.16. The van der Waals surface area contributed by atoms with E-state index in [2.05, 4.69) is 10.2 Å². The Morgan fingerprint density at radius 2 is 1.72 bits per heavy atom. The number of hydrogen-bond donors (Lipinski definition) is 1. The Balaban J connectivity index is 1.77. The number of nitrogens with zero attached hydrogens (tertiary/aromatic N) is 2. The van der Waals surface area contributed by atoms with Crippen LogP contribution in [0.5, 0.6) is 0 Å². The molecule has 1 saturated heterocycles. The molecule has 1 aliphatic rings. The van der Waals surface area contributed by atoms with E-state index in [4.69, 9.17) is 0 Å². The van der Waals surface area contributed by atoms with Crippen LogP contribution in [-0.2, 0) is 10.0 Å². The maximum atomic E-state index is 12.2. The predicted octanol–water partition coefficient (Wildman–Crippen LogP) is 2.08. The molecule has 140 valence electrons. The van der Waals surface area contributed by atoms with Crippen molar-refractivity contribution in [1.29, 1.82) is 0 Å². The van der Waals surface area contributed by atoms with Crippen molar-refractivity contribution in [2.45, 2.75) is 32.1 Å². The number of nitrogens with one attached hydrogen (secondary N) is 1. The van der Waals surface area contributed by atoms with Crippen LogP contribution in [0.3, 0.4) is 0 Å². The van der Waals surface area contributed by atoms with Crippen molar-refractivity contribution in [2.24, 2.45) is 0 Å². The monoisotopic (exact) mass is 367 g/mol. The first-order valence-electron chi connectivity index (χ1n) is 8.92. The van der Waals surface area contributed by atoms with Crippen molar-refractivity contribution in [3.63, 3.8) is 0 Å². The average Bonchev–Trinajstić information content (AvgIpc) is 2.86. The Hall–Kier alpha value is -1.60. The van der Waals surface area contributed by atoms with E-state index >= 15 is 0 Å². The van der Waals surface area contributed by atoms with Crippen LogP contribution in [0, 0.1) is 0 Å². The number of carbonyl (C=O) groups excluding carboxylic acids is 1. The average molecular weight is 368 g/mol. The van der Waals surface area contributed by atoms with E-state index in [1.807, 2.05) is 0 Å². The van der Waals surface area contributed by atoms with Crippen LogP contribution in [0.1, 0.15) is 42.5 Å². The van der Waals surface area contributed by atoms with Gasteiger partial charge in [-0.2, -0.15) is 0 Å². The largest absolute Gasteiger partial charge is 0.352 e. The van der Waals surface area contributed by atoms with E-state index in [1.165, 1.54) is 50.1 Å². The fourth-order valence-electron chi connectivity index (χ4n) is 2.98.